The first-order valence-corrected chi connectivity index (χ1v) is 15.3. The summed E-state index contributed by atoms with van der Waals surface area (Å²) < 4.78 is 5.91. The highest BCUT2D eigenvalue weighted by atomic mass is 16.5. The summed E-state index contributed by atoms with van der Waals surface area (Å²) in [6, 6.07) is 0. The number of carbonyl (C=O) groups excluding carboxylic acids is 1. The van der Waals surface area contributed by atoms with E-state index in [2.05, 4.69) is 33.8 Å². The van der Waals surface area contributed by atoms with Crippen LogP contribution in [0.2, 0.25) is 0 Å². The second-order valence-corrected chi connectivity index (χ2v) is 13.1. The molecule has 0 aromatic carbocycles. The van der Waals surface area contributed by atoms with E-state index in [0.29, 0.717) is 17.3 Å². The molecule has 4 aliphatic carbocycles. The average Bonchev–Trinajstić information content (AvgIpc) is 3.16. The Labute approximate surface area is 211 Å². The van der Waals surface area contributed by atoms with Gasteiger partial charge in [-0.05, 0) is 92.3 Å². The summed E-state index contributed by atoms with van der Waals surface area (Å²) in [4.78, 5) is 12.2. The first kappa shape index (κ1) is 26.3. The van der Waals surface area contributed by atoms with Gasteiger partial charge in [-0.2, -0.15) is 0 Å². The summed E-state index contributed by atoms with van der Waals surface area (Å²) >= 11 is 0. The van der Waals surface area contributed by atoms with Crippen LogP contribution in [0.4, 0.5) is 0 Å². The van der Waals surface area contributed by atoms with E-state index < -0.39 is 0 Å². The number of esters is 1. The van der Waals surface area contributed by atoms with Gasteiger partial charge in [-0.1, -0.05) is 84.3 Å². The lowest BCUT2D eigenvalue weighted by Gasteiger charge is -2.58. The lowest BCUT2D eigenvalue weighted by Crippen LogP contribution is -2.50. The molecule has 194 valence electrons. The average molecular weight is 471 g/mol. The molecule has 4 aliphatic rings. The van der Waals surface area contributed by atoms with Gasteiger partial charge in [0.1, 0.15) is 6.10 Å². The molecule has 0 radical (unpaired) electrons. The zero-order valence-electron chi connectivity index (χ0n) is 23.0. The number of ether oxygens (including phenoxy) is 1. The maximum Gasteiger partial charge on any atom is 0.306 e. The first-order chi connectivity index (χ1) is 16.4. The normalized spacial score (nSPS) is 39.1. The number of allylic oxidation sites excluding steroid dienone is 1. The maximum atomic E-state index is 12.2. The molecule has 0 saturated heterocycles. The van der Waals surface area contributed by atoms with Crippen molar-refractivity contribution in [3.63, 3.8) is 0 Å². The zero-order valence-corrected chi connectivity index (χ0v) is 23.0. The lowest BCUT2D eigenvalue weighted by molar-refractivity contribution is -0.151. The van der Waals surface area contributed by atoms with Crippen molar-refractivity contribution >= 4 is 5.97 Å². The minimum Gasteiger partial charge on any atom is -0.462 e. The Morgan fingerprint density at radius 2 is 1.68 bits per heavy atom. The minimum atomic E-state index is 0.0283. The van der Waals surface area contributed by atoms with Crippen LogP contribution in [0.1, 0.15) is 143 Å². The predicted octanol–water partition coefficient (Wildman–Crippen LogP) is 9.42. The summed E-state index contributed by atoms with van der Waals surface area (Å²) in [6.07, 6.45) is 25.9. The van der Waals surface area contributed by atoms with E-state index in [4.69, 9.17) is 4.74 Å². The lowest BCUT2D eigenvalue weighted by atomic mass is 9.47. The second-order valence-electron chi connectivity index (χ2n) is 13.1. The third kappa shape index (κ3) is 5.31. The molecule has 2 nitrogen and oxygen atoms in total. The van der Waals surface area contributed by atoms with Gasteiger partial charge in [-0.25, -0.2) is 0 Å². The van der Waals surface area contributed by atoms with Crippen molar-refractivity contribution in [2.24, 2.45) is 34.5 Å². The van der Waals surface area contributed by atoms with Crippen LogP contribution >= 0.6 is 0 Å². The van der Waals surface area contributed by atoms with Crippen LogP contribution in [0.15, 0.2) is 11.6 Å². The Morgan fingerprint density at radius 3 is 2.47 bits per heavy atom. The van der Waals surface area contributed by atoms with E-state index in [9.17, 15) is 4.79 Å². The smallest absolute Gasteiger partial charge is 0.306 e. The third-order valence-corrected chi connectivity index (χ3v) is 11.2. The van der Waals surface area contributed by atoms with Gasteiger partial charge in [-0.3, -0.25) is 4.79 Å². The third-order valence-electron chi connectivity index (χ3n) is 11.2. The Kier molecular flexibility index (Phi) is 8.90. The fourth-order valence-corrected chi connectivity index (χ4v) is 9.05. The fourth-order valence-electron chi connectivity index (χ4n) is 9.05. The van der Waals surface area contributed by atoms with Crippen molar-refractivity contribution in [3.05, 3.63) is 11.6 Å². The number of rotatable bonds is 11. The molecule has 0 heterocycles. The summed E-state index contributed by atoms with van der Waals surface area (Å²) in [5.74, 6) is 3.69. The molecule has 7 atom stereocenters. The fraction of sp³-hybridized carbons (Fsp3) is 0.906. The highest BCUT2D eigenvalue weighted by molar-refractivity contribution is 5.69. The van der Waals surface area contributed by atoms with Crippen LogP contribution in [-0.2, 0) is 9.53 Å². The Bertz CT molecular complexity index is 710. The van der Waals surface area contributed by atoms with Gasteiger partial charge < -0.3 is 4.74 Å². The summed E-state index contributed by atoms with van der Waals surface area (Å²) in [5.41, 5.74) is 2.59. The SMILES string of the molecule is CCCCCCCC[C@@H]1CC[C@@H]2[C@H]3CC=C4C[C@@H](OC(=O)CCCC)CC[C@]4(C)[C@H]3CC[C@]12C. The molecule has 0 spiro atoms. The highest BCUT2D eigenvalue weighted by Gasteiger charge is 2.58. The van der Waals surface area contributed by atoms with Crippen LogP contribution in [0.5, 0.6) is 0 Å². The van der Waals surface area contributed by atoms with Crippen molar-refractivity contribution in [1.29, 1.82) is 0 Å². The number of hydrogen-bond donors (Lipinski definition) is 0. The Balaban J connectivity index is 1.35. The van der Waals surface area contributed by atoms with Gasteiger partial charge in [0.15, 0.2) is 0 Å². The molecule has 0 aromatic heterocycles. The number of carbonyl (C=O) groups is 1. The van der Waals surface area contributed by atoms with Crippen molar-refractivity contribution in [3.8, 4) is 0 Å². The zero-order chi connectivity index (χ0) is 24.2. The molecule has 0 aliphatic heterocycles. The monoisotopic (exact) mass is 470 g/mol. The van der Waals surface area contributed by atoms with Crippen molar-refractivity contribution in [2.75, 3.05) is 0 Å². The molecule has 3 fully saturated rings. The van der Waals surface area contributed by atoms with Gasteiger partial charge in [0.25, 0.3) is 0 Å². The minimum absolute atomic E-state index is 0.0283. The summed E-state index contributed by atoms with van der Waals surface area (Å²) in [5, 5.41) is 0. The molecular formula is C32H54O2. The van der Waals surface area contributed by atoms with Crippen LogP contribution < -0.4 is 0 Å². The highest BCUT2D eigenvalue weighted by Crippen LogP contribution is 2.66. The molecular weight excluding hydrogens is 416 g/mol. The molecule has 4 rings (SSSR count). The van der Waals surface area contributed by atoms with E-state index in [-0.39, 0.29) is 12.1 Å². The standard InChI is InChI=1S/C32H54O2/c1-5-7-9-10-11-12-13-24-16-18-28-27-17-15-25-23-26(34-30(33)14-8-6-2)19-21-32(25,4)29(27)20-22-31(24,28)3/h15,24,26-29H,5-14,16-23H2,1-4H3/t24-,26+,27-,28-,29+,31-,32+/m1/s1. The van der Waals surface area contributed by atoms with E-state index >= 15 is 0 Å². The maximum absolute atomic E-state index is 12.2. The van der Waals surface area contributed by atoms with Gasteiger partial charge in [-0.15, -0.1) is 0 Å². The molecule has 0 N–H and O–H groups in total. The summed E-state index contributed by atoms with van der Waals surface area (Å²) in [6.45, 7) is 9.72. The molecule has 2 heteroatoms. The predicted molar refractivity (Wildman–Crippen MR) is 143 cm³/mol. The second kappa shape index (κ2) is 11.5. The van der Waals surface area contributed by atoms with Crippen molar-refractivity contribution in [1.82, 2.24) is 0 Å². The van der Waals surface area contributed by atoms with E-state index in [1.54, 1.807) is 5.57 Å². The van der Waals surface area contributed by atoms with Gasteiger partial charge in [0.2, 0.25) is 0 Å². The van der Waals surface area contributed by atoms with Gasteiger partial charge in [0, 0.05) is 12.8 Å². The molecule has 3 saturated carbocycles. The van der Waals surface area contributed by atoms with Crippen LogP contribution in [0, 0.1) is 34.5 Å². The number of fused-ring (bicyclic) bond motifs is 5. The van der Waals surface area contributed by atoms with Crippen LogP contribution in [0.25, 0.3) is 0 Å². The van der Waals surface area contributed by atoms with Crippen molar-refractivity contribution < 1.29 is 9.53 Å². The topological polar surface area (TPSA) is 26.3 Å². The van der Waals surface area contributed by atoms with Gasteiger partial charge in [0.05, 0.1) is 0 Å². The van der Waals surface area contributed by atoms with E-state index in [0.717, 1.165) is 49.4 Å². The number of hydrogen-bond acceptors (Lipinski definition) is 2. The summed E-state index contributed by atoms with van der Waals surface area (Å²) in [7, 11) is 0. The Hall–Kier alpha value is -0.790. The molecule has 0 bridgehead atoms. The molecule has 0 amide bonds. The molecule has 0 aromatic rings. The van der Waals surface area contributed by atoms with Crippen molar-refractivity contribution in [2.45, 2.75) is 149 Å². The van der Waals surface area contributed by atoms with Crippen LogP contribution in [-0.4, -0.2) is 12.1 Å². The van der Waals surface area contributed by atoms with Crippen LogP contribution in [0.3, 0.4) is 0 Å². The molecule has 0 unspecified atom stereocenters. The van der Waals surface area contributed by atoms with Gasteiger partial charge >= 0.3 is 5.97 Å². The van der Waals surface area contributed by atoms with E-state index in [1.807, 2.05) is 0 Å². The first-order valence-electron chi connectivity index (χ1n) is 15.3. The number of unbranched alkanes of at least 4 members (excludes halogenated alkanes) is 6. The largest absolute Gasteiger partial charge is 0.462 e. The molecule has 34 heavy (non-hydrogen) atoms. The van der Waals surface area contributed by atoms with E-state index in [1.165, 1.54) is 83.5 Å². The Morgan fingerprint density at radius 1 is 0.912 bits per heavy atom. The quantitative estimate of drug-likeness (QED) is 0.171.